The van der Waals surface area contributed by atoms with Gasteiger partial charge in [0, 0.05) is 17.0 Å². The Hall–Kier alpha value is -1.76. The molecule has 78 valence electrons. The lowest BCUT2D eigenvalue weighted by molar-refractivity contribution is 1.14. The third-order valence-electron chi connectivity index (χ3n) is 2.15. The van der Waals surface area contributed by atoms with Crippen LogP contribution in [0.3, 0.4) is 0 Å². The molecule has 0 fully saturated rings. The first-order valence-corrected chi connectivity index (χ1v) is 4.98. The lowest BCUT2D eigenvalue weighted by atomic mass is 10.1. The Labute approximate surface area is 91.8 Å². The van der Waals surface area contributed by atoms with Crippen LogP contribution >= 0.6 is 0 Å². The molecule has 1 N–H and O–H groups in total. The molecule has 0 unspecified atom stereocenters. The quantitative estimate of drug-likeness (QED) is 0.730. The molecule has 15 heavy (non-hydrogen) atoms. The predicted molar refractivity (Wildman–Crippen MR) is 67.3 cm³/mol. The highest BCUT2D eigenvalue weighted by Gasteiger charge is 2.01. The zero-order chi connectivity index (χ0) is 11.3. The maximum Gasteiger partial charge on any atom is 0.0387 e. The molecule has 0 spiro atoms. The van der Waals surface area contributed by atoms with E-state index in [1.165, 1.54) is 5.56 Å². The summed E-state index contributed by atoms with van der Waals surface area (Å²) < 4.78 is 0. The molecule has 1 nitrogen and oxygen atoms in total. The van der Waals surface area contributed by atoms with Gasteiger partial charge in [-0.3, -0.25) is 0 Å². The average Bonchev–Trinajstić information content (AvgIpc) is 2.18. The molecule has 0 aromatic heterocycles. The molecule has 0 heterocycles. The van der Waals surface area contributed by atoms with Crippen molar-refractivity contribution in [1.29, 1.82) is 0 Å². The van der Waals surface area contributed by atoms with E-state index in [0.29, 0.717) is 0 Å². The summed E-state index contributed by atoms with van der Waals surface area (Å²) in [5, 5.41) is 3.16. The summed E-state index contributed by atoms with van der Waals surface area (Å²) in [5.41, 5.74) is 4.08. The number of nitrogens with one attached hydrogen (secondary N) is 1. The number of benzene rings is 1. The second kappa shape index (κ2) is 5.20. The molecule has 1 aromatic rings. The monoisotopic (exact) mass is 199 g/mol. The minimum atomic E-state index is 0.853. The number of rotatable bonds is 4. The van der Waals surface area contributed by atoms with E-state index in [1.807, 2.05) is 37.3 Å². The third-order valence-corrected chi connectivity index (χ3v) is 2.15. The number of hydrogen-bond acceptors (Lipinski definition) is 1. The Morgan fingerprint density at radius 3 is 2.53 bits per heavy atom. The van der Waals surface area contributed by atoms with Gasteiger partial charge in [0.05, 0.1) is 0 Å². The van der Waals surface area contributed by atoms with E-state index < -0.39 is 0 Å². The molecule has 1 aromatic carbocycles. The summed E-state index contributed by atoms with van der Waals surface area (Å²) in [7, 11) is 0. The van der Waals surface area contributed by atoms with Crippen LogP contribution in [0, 0.1) is 6.92 Å². The summed E-state index contributed by atoms with van der Waals surface area (Å²) >= 11 is 0. The molecule has 0 atom stereocenters. The van der Waals surface area contributed by atoms with Crippen LogP contribution in [0.15, 0.2) is 55.3 Å². The van der Waals surface area contributed by atoms with Crippen molar-refractivity contribution in [2.45, 2.75) is 13.8 Å². The van der Waals surface area contributed by atoms with E-state index in [1.54, 1.807) is 0 Å². The second-order valence-corrected chi connectivity index (χ2v) is 3.44. The highest BCUT2D eigenvalue weighted by molar-refractivity contribution is 5.66. The minimum absolute atomic E-state index is 0.853. The van der Waals surface area contributed by atoms with E-state index in [-0.39, 0.29) is 0 Å². The molecule has 0 radical (unpaired) electrons. The van der Waals surface area contributed by atoms with Crippen molar-refractivity contribution in [2.24, 2.45) is 0 Å². The van der Waals surface area contributed by atoms with Crippen molar-refractivity contribution in [3.05, 3.63) is 66.4 Å². The maximum absolute atomic E-state index is 4.00. The Morgan fingerprint density at radius 1 is 1.27 bits per heavy atom. The van der Waals surface area contributed by atoms with Gasteiger partial charge < -0.3 is 5.32 Å². The average molecular weight is 199 g/mol. The topological polar surface area (TPSA) is 12.0 Å². The fourth-order valence-corrected chi connectivity index (χ4v) is 1.42. The van der Waals surface area contributed by atoms with Crippen LogP contribution in [-0.4, -0.2) is 0 Å². The van der Waals surface area contributed by atoms with Crippen LogP contribution in [0.2, 0.25) is 0 Å². The van der Waals surface area contributed by atoms with Gasteiger partial charge in [-0.1, -0.05) is 43.5 Å². The highest BCUT2D eigenvalue weighted by atomic mass is 14.9. The molecule has 0 aliphatic heterocycles. The van der Waals surface area contributed by atoms with Gasteiger partial charge >= 0.3 is 0 Å². The number of aryl methyl sites for hydroxylation is 1. The van der Waals surface area contributed by atoms with Gasteiger partial charge in [-0.15, -0.1) is 0 Å². The zero-order valence-electron chi connectivity index (χ0n) is 9.38. The standard InChI is InChI=1S/C14H17N/c1-5-8-12(3)15-13(4)14-10-7-6-9-11(14)2/h5-10,15H,3-4H2,1-2H3/b8-5-. The van der Waals surface area contributed by atoms with Crippen LogP contribution in [0.25, 0.3) is 5.70 Å². The molecule has 0 saturated carbocycles. The van der Waals surface area contributed by atoms with Gasteiger partial charge in [-0.25, -0.2) is 0 Å². The van der Waals surface area contributed by atoms with Gasteiger partial charge in [-0.05, 0) is 25.5 Å². The normalized spacial score (nSPS) is 10.3. The van der Waals surface area contributed by atoms with Crippen molar-refractivity contribution in [1.82, 2.24) is 5.32 Å². The van der Waals surface area contributed by atoms with Crippen molar-refractivity contribution in [3.8, 4) is 0 Å². The third kappa shape index (κ3) is 3.13. The molecule has 0 aliphatic carbocycles. The summed E-state index contributed by atoms with van der Waals surface area (Å²) in [4.78, 5) is 0. The molecule has 0 bridgehead atoms. The number of allylic oxidation sites excluding steroid dienone is 2. The van der Waals surface area contributed by atoms with Gasteiger partial charge in [0.25, 0.3) is 0 Å². The lowest BCUT2D eigenvalue weighted by Gasteiger charge is -2.11. The van der Waals surface area contributed by atoms with Crippen LogP contribution in [-0.2, 0) is 0 Å². The summed E-state index contributed by atoms with van der Waals surface area (Å²) in [6.07, 6.45) is 3.86. The van der Waals surface area contributed by atoms with Crippen LogP contribution in [0.1, 0.15) is 18.1 Å². The molecule has 0 amide bonds. The Bertz CT molecular complexity index is 400. The van der Waals surface area contributed by atoms with Gasteiger partial charge in [0.2, 0.25) is 0 Å². The van der Waals surface area contributed by atoms with E-state index in [9.17, 15) is 0 Å². The van der Waals surface area contributed by atoms with Crippen LogP contribution in [0.4, 0.5) is 0 Å². The van der Waals surface area contributed by atoms with E-state index >= 15 is 0 Å². The fourth-order valence-electron chi connectivity index (χ4n) is 1.42. The van der Waals surface area contributed by atoms with Crippen molar-refractivity contribution in [3.63, 3.8) is 0 Å². The van der Waals surface area contributed by atoms with E-state index in [2.05, 4.69) is 31.5 Å². The molecular formula is C14H17N. The first-order chi connectivity index (χ1) is 7.15. The zero-order valence-corrected chi connectivity index (χ0v) is 9.38. The first kappa shape index (κ1) is 11.3. The van der Waals surface area contributed by atoms with Gasteiger partial charge in [0.1, 0.15) is 0 Å². The summed E-state index contributed by atoms with van der Waals surface area (Å²) in [5.74, 6) is 0. The lowest BCUT2D eigenvalue weighted by Crippen LogP contribution is -2.09. The Morgan fingerprint density at radius 2 is 1.93 bits per heavy atom. The van der Waals surface area contributed by atoms with Crippen molar-refractivity contribution in [2.75, 3.05) is 0 Å². The summed E-state index contributed by atoms with van der Waals surface area (Å²) in [6, 6.07) is 8.15. The molecule has 1 heteroatoms. The van der Waals surface area contributed by atoms with Crippen molar-refractivity contribution < 1.29 is 0 Å². The maximum atomic E-state index is 4.00. The van der Waals surface area contributed by atoms with Gasteiger partial charge in [0.15, 0.2) is 0 Å². The summed E-state index contributed by atoms with van der Waals surface area (Å²) in [6.45, 7) is 11.9. The molecular weight excluding hydrogens is 182 g/mol. The Kier molecular flexibility index (Phi) is 3.92. The first-order valence-electron chi connectivity index (χ1n) is 4.98. The van der Waals surface area contributed by atoms with E-state index in [4.69, 9.17) is 0 Å². The minimum Gasteiger partial charge on any atom is -0.356 e. The SMILES string of the molecule is C=C(/C=C\C)NC(=C)c1ccccc1C. The second-order valence-electron chi connectivity index (χ2n) is 3.44. The van der Waals surface area contributed by atoms with Crippen LogP contribution < -0.4 is 5.32 Å². The molecule has 0 aliphatic rings. The molecule has 1 rings (SSSR count). The largest absolute Gasteiger partial charge is 0.356 e. The molecule has 0 saturated heterocycles. The van der Waals surface area contributed by atoms with Crippen LogP contribution in [0.5, 0.6) is 0 Å². The fraction of sp³-hybridized carbons (Fsp3) is 0.143. The predicted octanol–water partition coefficient (Wildman–Crippen LogP) is 3.65. The number of hydrogen-bond donors (Lipinski definition) is 1. The highest BCUT2D eigenvalue weighted by Crippen LogP contribution is 2.15. The van der Waals surface area contributed by atoms with Crippen molar-refractivity contribution >= 4 is 5.70 Å². The smallest absolute Gasteiger partial charge is 0.0387 e. The Balaban J connectivity index is 2.78. The van der Waals surface area contributed by atoms with Gasteiger partial charge in [-0.2, -0.15) is 0 Å². The van der Waals surface area contributed by atoms with E-state index in [0.717, 1.165) is 17.0 Å².